The van der Waals surface area contributed by atoms with Crippen LogP contribution in [0.5, 0.6) is 0 Å². The highest BCUT2D eigenvalue weighted by Crippen LogP contribution is 2.23. The lowest BCUT2D eigenvalue weighted by molar-refractivity contribution is 0.0600. The largest absolute Gasteiger partial charge is 0.272 e. The molecular formula is C11H23N3. The van der Waals surface area contributed by atoms with Crippen LogP contribution in [0.15, 0.2) is 12.2 Å². The van der Waals surface area contributed by atoms with Crippen molar-refractivity contribution in [3.63, 3.8) is 0 Å². The van der Waals surface area contributed by atoms with Crippen LogP contribution in [0.4, 0.5) is 0 Å². The predicted octanol–water partition coefficient (Wildman–Crippen LogP) is 1.60. The molecule has 1 fully saturated rings. The van der Waals surface area contributed by atoms with Crippen LogP contribution in [0.3, 0.4) is 0 Å². The highest BCUT2D eigenvalue weighted by Gasteiger charge is 2.32. The van der Waals surface area contributed by atoms with Crippen LogP contribution in [0.1, 0.15) is 20.3 Å². The van der Waals surface area contributed by atoms with Crippen LogP contribution in [0.2, 0.25) is 0 Å². The van der Waals surface area contributed by atoms with Crippen LogP contribution in [-0.4, -0.2) is 48.9 Å². The summed E-state index contributed by atoms with van der Waals surface area (Å²) >= 11 is 0. The van der Waals surface area contributed by atoms with Crippen molar-refractivity contribution in [1.82, 2.24) is 14.9 Å². The zero-order valence-electron chi connectivity index (χ0n) is 10.1. The molecule has 1 unspecified atom stereocenters. The van der Waals surface area contributed by atoms with E-state index in [1.807, 2.05) is 0 Å². The predicted molar refractivity (Wildman–Crippen MR) is 60.5 cm³/mol. The Bertz CT molecular complexity index is 213. The van der Waals surface area contributed by atoms with Gasteiger partial charge < -0.3 is 0 Å². The summed E-state index contributed by atoms with van der Waals surface area (Å²) < 4.78 is 0. The van der Waals surface area contributed by atoms with Gasteiger partial charge in [0.25, 0.3) is 0 Å². The first-order chi connectivity index (χ1) is 6.43. The molecule has 0 aromatic carbocycles. The Labute approximate surface area is 87.9 Å². The second-order valence-electron chi connectivity index (χ2n) is 4.76. The molecule has 0 aromatic rings. The molecule has 0 aliphatic carbocycles. The normalized spacial score (nSPS) is 26.3. The molecule has 1 rings (SSSR count). The highest BCUT2D eigenvalue weighted by atomic mass is 15.7. The maximum absolute atomic E-state index is 4.20. The van der Waals surface area contributed by atoms with Crippen molar-refractivity contribution >= 4 is 0 Å². The summed E-state index contributed by atoms with van der Waals surface area (Å²) in [4.78, 5) is 2.32. The van der Waals surface area contributed by atoms with E-state index < -0.39 is 0 Å². The molecule has 3 nitrogen and oxygen atoms in total. The van der Waals surface area contributed by atoms with Crippen molar-refractivity contribution in [2.75, 3.05) is 27.8 Å². The molecule has 14 heavy (non-hydrogen) atoms. The van der Waals surface area contributed by atoms with Crippen molar-refractivity contribution in [1.29, 1.82) is 0 Å². The van der Waals surface area contributed by atoms with E-state index in [2.05, 4.69) is 56.5 Å². The Morgan fingerprint density at radius 3 is 2.29 bits per heavy atom. The molecule has 82 valence electrons. The number of likely N-dealkylation sites (N-methyl/N-ethyl adjacent to an activating group) is 2. The van der Waals surface area contributed by atoms with Crippen molar-refractivity contribution < 1.29 is 0 Å². The second kappa shape index (κ2) is 4.43. The Morgan fingerprint density at radius 2 is 1.93 bits per heavy atom. The molecular weight excluding hydrogens is 174 g/mol. The average Bonchev–Trinajstić information content (AvgIpc) is 2.25. The Hall–Kier alpha value is -0.380. The van der Waals surface area contributed by atoms with Gasteiger partial charge in [0, 0.05) is 14.1 Å². The number of hydrogen-bond donors (Lipinski definition) is 0. The van der Waals surface area contributed by atoms with Crippen LogP contribution in [0.25, 0.3) is 0 Å². The molecule has 1 atom stereocenters. The van der Waals surface area contributed by atoms with Gasteiger partial charge in [0.2, 0.25) is 0 Å². The van der Waals surface area contributed by atoms with E-state index in [9.17, 15) is 0 Å². The fraction of sp³-hybridized carbons (Fsp3) is 0.818. The van der Waals surface area contributed by atoms with Crippen LogP contribution in [-0.2, 0) is 0 Å². The maximum Gasteiger partial charge on any atom is 0.0981 e. The maximum atomic E-state index is 4.20. The highest BCUT2D eigenvalue weighted by molar-refractivity contribution is 5.06. The molecule has 0 bridgehead atoms. The topological polar surface area (TPSA) is 9.72 Å². The Balaban J connectivity index is 2.62. The van der Waals surface area contributed by atoms with E-state index in [1.54, 1.807) is 0 Å². The van der Waals surface area contributed by atoms with E-state index in [4.69, 9.17) is 0 Å². The first kappa shape index (κ1) is 11.7. The van der Waals surface area contributed by atoms with Crippen molar-refractivity contribution in [3.8, 4) is 0 Å². The smallest absolute Gasteiger partial charge is 0.0981 e. The molecule has 3 heteroatoms. The van der Waals surface area contributed by atoms with Gasteiger partial charge in [-0.25, -0.2) is 10.0 Å². The van der Waals surface area contributed by atoms with Gasteiger partial charge in [-0.3, -0.25) is 4.90 Å². The van der Waals surface area contributed by atoms with Crippen LogP contribution < -0.4 is 0 Å². The van der Waals surface area contributed by atoms with E-state index in [-0.39, 0.29) is 0 Å². The number of rotatable bonds is 3. The third-order valence-corrected chi connectivity index (χ3v) is 2.77. The zero-order chi connectivity index (χ0) is 10.9. The number of hydrazine groups is 1. The summed E-state index contributed by atoms with van der Waals surface area (Å²) in [5, 5.41) is 4.47. The van der Waals surface area contributed by atoms with Crippen molar-refractivity contribution in [2.24, 2.45) is 5.92 Å². The summed E-state index contributed by atoms with van der Waals surface area (Å²) in [7, 11) is 6.38. The molecule has 0 N–H and O–H groups in total. The SMILES string of the molecule is C=C(CC(C)C)C1N(C)CN(C)N1C. The lowest BCUT2D eigenvalue weighted by Gasteiger charge is -2.28. The van der Waals surface area contributed by atoms with Gasteiger partial charge in [-0.1, -0.05) is 20.4 Å². The molecule has 0 spiro atoms. The fourth-order valence-corrected chi connectivity index (χ4v) is 2.18. The van der Waals surface area contributed by atoms with Gasteiger partial charge in [0.05, 0.1) is 12.8 Å². The monoisotopic (exact) mass is 197 g/mol. The minimum atomic E-state index is 0.377. The van der Waals surface area contributed by atoms with E-state index in [0.29, 0.717) is 12.1 Å². The minimum Gasteiger partial charge on any atom is -0.272 e. The van der Waals surface area contributed by atoms with Gasteiger partial charge in [0.15, 0.2) is 0 Å². The van der Waals surface area contributed by atoms with E-state index in [1.165, 1.54) is 5.57 Å². The summed E-state index contributed by atoms with van der Waals surface area (Å²) in [6, 6.07) is 0. The van der Waals surface area contributed by atoms with E-state index >= 15 is 0 Å². The van der Waals surface area contributed by atoms with Gasteiger partial charge >= 0.3 is 0 Å². The molecule has 0 radical (unpaired) electrons. The first-order valence-corrected chi connectivity index (χ1v) is 5.25. The number of hydrogen-bond acceptors (Lipinski definition) is 3. The Kier molecular flexibility index (Phi) is 3.70. The average molecular weight is 197 g/mol. The molecule has 1 aliphatic rings. The van der Waals surface area contributed by atoms with Gasteiger partial charge in [-0.2, -0.15) is 0 Å². The third kappa shape index (κ3) is 2.35. The third-order valence-electron chi connectivity index (χ3n) is 2.77. The van der Waals surface area contributed by atoms with Gasteiger partial charge in [-0.05, 0) is 25.0 Å². The summed E-state index contributed by atoms with van der Waals surface area (Å²) in [5.74, 6) is 0.690. The summed E-state index contributed by atoms with van der Waals surface area (Å²) in [6.07, 6.45) is 1.48. The van der Waals surface area contributed by atoms with Crippen LogP contribution >= 0.6 is 0 Å². The minimum absolute atomic E-state index is 0.377. The molecule has 1 heterocycles. The molecule has 0 amide bonds. The Morgan fingerprint density at radius 1 is 1.36 bits per heavy atom. The van der Waals surface area contributed by atoms with E-state index in [0.717, 1.165) is 13.1 Å². The lowest BCUT2D eigenvalue weighted by atomic mass is 10.0. The molecule has 1 saturated heterocycles. The number of nitrogens with zero attached hydrogens (tertiary/aromatic N) is 3. The van der Waals surface area contributed by atoms with Crippen molar-refractivity contribution in [3.05, 3.63) is 12.2 Å². The fourth-order valence-electron chi connectivity index (χ4n) is 2.18. The second-order valence-corrected chi connectivity index (χ2v) is 4.76. The zero-order valence-corrected chi connectivity index (χ0v) is 10.1. The molecule has 1 aliphatic heterocycles. The van der Waals surface area contributed by atoms with Crippen LogP contribution in [0, 0.1) is 5.92 Å². The summed E-state index contributed by atoms with van der Waals surface area (Å²) in [5.41, 5.74) is 1.31. The van der Waals surface area contributed by atoms with Gasteiger partial charge in [0.1, 0.15) is 0 Å². The van der Waals surface area contributed by atoms with Gasteiger partial charge in [-0.15, -0.1) is 0 Å². The standard InChI is InChI=1S/C11H23N3/c1-9(2)7-10(3)11-12(4)8-13(5)14(11)6/h9,11H,3,7-8H2,1-2,4-6H3. The quantitative estimate of drug-likeness (QED) is 0.636. The molecule has 0 saturated carbocycles. The lowest BCUT2D eigenvalue weighted by Crippen LogP contribution is -2.39. The summed E-state index contributed by atoms with van der Waals surface area (Å²) in [6.45, 7) is 9.67. The molecule has 0 aromatic heterocycles. The first-order valence-electron chi connectivity index (χ1n) is 5.25. The van der Waals surface area contributed by atoms with Crippen molar-refractivity contribution in [2.45, 2.75) is 26.4 Å².